The van der Waals surface area contributed by atoms with Gasteiger partial charge < -0.3 is 15.8 Å². The molecular formula is C14H15N3O3S. The molecule has 2 aromatic rings. The lowest BCUT2D eigenvalue weighted by Crippen LogP contribution is -2.19. The summed E-state index contributed by atoms with van der Waals surface area (Å²) in [7, 11) is 0. The second-order valence-electron chi connectivity index (χ2n) is 4.31. The lowest BCUT2D eigenvalue weighted by molar-refractivity contribution is 0.0510. The van der Waals surface area contributed by atoms with Crippen LogP contribution in [0.2, 0.25) is 0 Å². The topological polar surface area (TPSA) is 94.3 Å². The third-order valence-electron chi connectivity index (χ3n) is 2.80. The van der Waals surface area contributed by atoms with Gasteiger partial charge in [-0.15, -0.1) is 11.3 Å². The first-order chi connectivity index (χ1) is 10.1. The van der Waals surface area contributed by atoms with Crippen LogP contribution in [0.5, 0.6) is 0 Å². The summed E-state index contributed by atoms with van der Waals surface area (Å²) >= 11 is 1.55. The van der Waals surface area contributed by atoms with Gasteiger partial charge in [-0.05, 0) is 31.2 Å². The minimum atomic E-state index is -0.648. The number of rotatable bonds is 5. The van der Waals surface area contributed by atoms with Crippen LogP contribution in [0.25, 0.3) is 0 Å². The molecule has 110 valence electrons. The van der Waals surface area contributed by atoms with Crippen molar-refractivity contribution < 1.29 is 14.3 Å². The van der Waals surface area contributed by atoms with E-state index in [4.69, 9.17) is 10.5 Å². The minimum absolute atomic E-state index is 0.309. The van der Waals surface area contributed by atoms with Crippen molar-refractivity contribution in [1.82, 2.24) is 4.98 Å². The number of nitrogens with one attached hydrogen (secondary N) is 1. The van der Waals surface area contributed by atoms with Crippen LogP contribution in [-0.2, 0) is 11.2 Å². The molecule has 7 heteroatoms. The molecule has 3 N–H and O–H groups in total. The van der Waals surface area contributed by atoms with E-state index < -0.39 is 12.0 Å². The minimum Gasteiger partial charge on any atom is -0.462 e. The average molecular weight is 305 g/mol. The van der Waals surface area contributed by atoms with Gasteiger partial charge in [-0.1, -0.05) is 0 Å². The van der Waals surface area contributed by atoms with E-state index in [0.29, 0.717) is 24.3 Å². The van der Waals surface area contributed by atoms with Crippen LogP contribution in [0.1, 0.15) is 20.9 Å². The molecule has 1 heterocycles. The Kier molecular flexibility index (Phi) is 4.89. The Balaban J connectivity index is 1.85. The first kappa shape index (κ1) is 15.0. The van der Waals surface area contributed by atoms with Gasteiger partial charge in [0.2, 0.25) is 0 Å². The highest BCUT2D eigenvalue weighted by molar-refractivity contribution is 7.09. The molecule has 0 atom stereocenters. The van der Waals surface area contributed by atoms with Crippen LogP contribution >= 0.6 is 11.3 Å². The molecule has 0 aliphatic carbocycles. The van der Waals surface area contributed by atoms with Crippen LogP contribution in [-0.4, -0.2) is 23.6 Å². The molecule has 1 aromatic carbocycles. The first-order valence-corrected chi connectivity index (χ1v) is 7.17. The summed E-state index contributed by atoms with van der Waals surface area (Å²) in [6.45, 7) is 2.24. The fourth-order valence-corrected chi connectivity index (χ4v) is 2.48. The van der Waals surface area contributed by atoms with Gasteiger partial charge in [0.15, 0.2) is 0 Å². The van der Waals surface area contributed by atoms with Crippen molar-refractivity contribution in [2.24, 2.45) is 5.73 Å². The molecular weight excluding hydrogens is 290 g/mol. The van der Waals surface area contributed by atoms with Crippen molar-refractivity contribution in [3.8, 4) is 0 Å². The molecule has 0 spiro atoms. The van der Waals surface area contributed by atoms with Crippen molar-refractivity contribution in [3.05, 3.63) is 45.9 Å². The number of esters is 1. The third kappa shape index (κ3) is 4.28. The second-order valence-corrected chi connectivity index (χ2v) is 5.25. The van der Waals surface area contributed by atoms with E-state index in [9.17, 15) is 9.59 Å². The van der Waals surface area contributed by atoms with E-state index in [0.717, 1.165) is 10.6 Å². The monoisotopic (exact) mass is 305 g/mol. The Morgan fingerprint density at radius 2 is 2.05 bits per heavy atom. The Bertz CT molecular complexity index is 637. The Morgan fingerprint density at radius 1 is 1.33 bits per heavy atom. The molecule has 0 aliphatic rings. The Hall–Kier alpha value is -2.41. The maximum atomic E-state index is 11.8. The number of anilines is 1. The summed E-state index contributed by atoms with van der Waals surface area (Å²) < 4.78 is 5.21. The van der Waals surface area contributed by atoms with Gasteiger partial charge in [0.05, 0.1) is 23.4 Å². The van der Waals surface area contributed by atoms with Crippen LogP contribution in [0.15, 0.2) is 29.8 Å². The average Bonchev–Trinajstić information content (AvgIpc) is 2.84. The summed E-state index contributed by atoms with van der Waals surface area (Å²) in [6.07, 6.45) is 0.656. The fraction of sp³-hybridized carbons (Fsp3) is 0.214. The molecule has 0 unspecified atom stereocenters. The lowest BCUT2D eigenvalue weighted by atomic mass is 10.2. The number of aryl methyl sites for hydroxylation is 1. The number of carbonyl (C=O) groups is 2. The summed E-state index contributed by atoms with van der Waals surface area (Å²) in [4.78, 5) is 27.8. The normalized spacial score (nSPS) is 10.1. The number of nitrogens with two attached hydrogens (primary N) is 1. The van der Waals surface area contributed by atoms with Crippen LogP contribution < -0.4 is 11.1 Å². The molecule has 0 radical (unpaired) electrons. The molecule has 6 nitrogen and oxygen atoms in total. The number of hydrogen-bond donors (Lipinski definition) is 2. The van der Waals surface area contributed by atoms with E-state index in [1.165, 1.54) is 0 Å². The Morgan fingerprint density at radius 3 is 2.62 bits per heavy atom. The zero-order valence-corrected chi connectivity index (χ0v) is 12.3. The molecule has 0 fully saturated rings. The van der Waals surface area contributed by atoms with Crippen molar-refractivity contribution in [1.29, 1.82) is 0 Å². The Labute approximate surface area is 125 Å². The van der Waals surface area contributed by atoms with Gasteiger partial charge in [0, 0.05) is 17.0 Å². The van der Waals surface area contributed by atoms with Crippen molar-refractivity contribution in [3.63, 3.8) is 0 Å². The number of carbonyl (C=O) groups excluding carboxylic acids is 2. The summed E-state index contributed by atoms with van der Waals surface area (Å²) in [5.41, 5.74) is 8.70. The van der Waals surface area contributed by atoms with E-state index in [2.05, 4.69) is 10.3 Å². The molecule has 0 bridgehead atoms. The van der Waals surface area contributed by atoms with E-state index >= 15 is 0 Å². The highest BCUT2D eigenvalue weighted by atomic mass is 32.1. The quantitative estimate of drug-likeness (QED) is 0.829. The third-order valence-corrected chi connectivity index (χ3v) is 3.79. The standard InChI is InChI=1S/C14H15N3O3S/c1-9-12(21-8-16-9)6-7-20-13(18)10-2-4-11(5-3-10)17-14(15)19/h2-5,8H,6-7H2,1H3,(H3,15,17,19). The number of hydrogen-bond acceptors (Lipinski definition) is 5. The predicted octanol–water partition coefficient (Wildman–Crippen LogP) is 2.34. The first-order valence-electron chi connectivity index (χ1n) is 6.29. The second kappa shape index (κ2) is 6.85. The summed E-state index contributed by atoms with van der Waals surface area (Å²) in [6, 6.07) is 5.69. The zero-order valence-electron chi connectivity index (χ0n) is 11.5. The summed E-state index contributed by atoms with van der Waals surface area (Å²) in [5, 5.41) is 2.42. The fourth-order valence-electron chi connectivity index (χ4n) is 1.72. The highest BCUT2D eigenvalue weighted by Gasteiger charge is 2.08. The van der Waals surface area contributed by atoms with Crippen LogP contribution in [0.4, 0.5) is 10.5 Å². The van der Waals surface area contributed by atoms with Gasteiger partial charge in [-0.2, -0.15) is 0 Å². The number of primary amides is 1. The number of amides is 2. The molecule has 2 amide bonds. The van der Waals surface area contributed by atoms with E-state index in [1.807, 2.05) is 6.92 Å². The van der Waals surface area contributed by atoms with Gasteiger partial charge in [-0.25, -0.2) is 14.6 Å². The number of thiazole rings is 1. The summed E-state index contributed by atoms with van der Waals surface area (Å²) in [5.74, 6) is -0.400. The van der Waals surface area contributed by atoms with Crippen LogP contribution in [0, 0.1) is 6.92 Å². The number of urea groups is 1. The molecule has 0 aliphatic heterocycles. The number of nitrogens with zero attached hydrogens (tertiary/aromatic N) is 1. The van der Waals surface area contributed by atoms with Crippen molar-refractivity contribution in [2.45, 2.75) is 13.3 Å². The molecule has 0 saturated heterocycles. The predicted molar refractivity (Wildman–Crippen MR) is 80.5 cm³/mol. The van der Waals surface area contributed by atoms with Crippen molar-refractivity contribution in [2.75, 3.05) is 11.9 Å². The molecule has 21 heavy (non-hydrogen) atoms. The van der Waals surface area contributed by atoms with E-state index in [1.54, 1.807) is 41.1 Å². The molecule has 1 aromatic heterocycles. The number of ether oxygens (including phenoxy) is 1. The molecule has 0 saturated carbocycles. The largest absolute Gasteiger partial charge is 0.462 e. The van der Waals surface area contributed by atoms with Gasteiger partial charge in [0.25, 0.3) is 0 Å². The van der Waals surface area contributed by atoms with Gasteiger partial charge in [0.1, 0.15) is 0 Å². The molecule has 2 rings (SSSR count). The maximum Gasteiger partial charge on any atom is 0.338 e. The number of aromatic nitrogens is 1. The maximum absolute atomic E-state index is 11.8. The van der Waals surface area contributed by atoms with Gasteiger partial charge in [-0.3, -0.25) is 0 Å². The van der Waals surface area contributed by atoms with Gasteiger partial charge >= 0.3 is 12.0 Å². The SMILES string of the molecule is Cc1ncsc1CCOC(=O)c1ccc(NC(N)=O)cc1. The van der Waals surface area contributed by atoms with E-state index in [-0.39, 0.29) is 0 Å². The van der Waals surface area contributed by atoms with Crippen LogP contribution in [0.3, 0.4) is 0 Å². The smallest absolute Gasteiger partial charge is 0.338 e. The lowest BCUT2D eigenvalue weighted by Gasteiger charge is -2.06. The zero-order chi connectivity index (χ0) is 15.2. The highest BCUT2D eigenvalue weighted by Crippen LogP contribution is 2.14. The number of benzene rings is 1. The van der Waals surface area contributed by atoms with Crippen molar-refractivity contribution >= 4 is 29.0 Å².